The van der Waals surface area contributed by atoms with Crippen LogP contribution < -0.4 is 16.0 Å². The standard InChI is InChI=1S/C18H21N3O3/c1-12(17(22)19-11-14-8-5-9-24-14)20-18(23)21-16-10-15(16)13-6-3-2-4-7-13/h2-9,12,15-16H,10-11H2,1H3,(H,19,22)(H2,20,21,23)/t12-,15-,16-/m0/s1. The van der Waals surface area contributed by atoms with Crippen LogP contribution in [0.15, 0.2) is 53.1 Å². The number of nitrogens with one attached hydrogen (secondary N) is 3. The second-order valence-electron chi connectivity index (χ2n) is 6.00. The van der Waals surface area contributed by atoms with E-state index in [0.29, 0.717) is 18.2 Å². The second-order valence-corrected chi connectivity index (χ2v) is 6.00. The van der Waals surface area contributed by atoms with Crippen molar-refractivity contribution < 1.29 is 14.0 Å². The van der Waals surface area contributed by atoms with Crippen molar-refractivity contribution in [3.05, 3.63) is 60.1 Å². The summed E-state index contributed by atoms with van der Waals surface area (Å²) in [6.45, 7) is 1.96. The molecule has 1 aromatic carbocycles. The van der Waals surface area contributed by atoms with Crippen LogP contribution in [0.4, 0.5) is 4.79 Å². The Morgan fingerprint density at radius 3 is 2.71 bits per heavy atom. The van der Waals surface area contributed by atoms with Crippen LogP contribution in [-0.2, 0) is 11.3 Å². The highest BCUT2D eigenvalue weighted by atomic mass is 16.3. The van der Waals surface area contributed by atoms with Crippen LogP contribution in [0.1, 0.15) is 30.6 Å². The zero-order chi connectivity index (χ0) is 16.9. The summed E-state index contributed by atoms with van der Waals surface area (Å²) in [5.41, 5.74) is 1.23. The number of benzene rings is 1. The largest absolute Gasteiger partial charge is 0.467 e. The fourth-order valence-electron chi connectivity index (χ4n) is 2.64. The lowest BCUT2D eigenvalue weighted by atomic mass is 10.1. The van der Waals surface area contributed by atoms with E-state index in [1.807, 2.05) is 18.2 Å². The Balaban J connectivity index is 1.39. The van der Waals surface area contributed by atoms with E-state index >= 15 is 0 Å². The number of hydrogen-bond donors (Lipinski definition) is 3. The molecule has 2 aromatic rings. The maximum Gasteiger partial charge on any atom is 0.315 e. The third kappa shape index (κ3) is 4.16. The topological polar surface area (TPSA) is 83.4 Å². The Bertz CT molecular complexity index is 685. The van der Waals surface area contributed by atoms with Crippen LogP contribution in [0, 0.1) is 0 Å². The molecule has 3 N–H and O–H groups in total. The fraction of sp³-hybridized carbons (Fsp3) is 0.333. The van der Waals surface area contributed by atoms with E-state index in [9.17, 15) is 9.59 Å². The average molecular weight is 327 g/mol. The van der Waals surface area contributed by atoms with Crippen molar-refractivity contribution in [1.29, 1.82) is 0 Å². The first kappa shape index (κ1) is 16.1. The summed E-state index contributed by atoms with van der Waals surface area (Å²) >= 11 is 0. The SMILES string of the molecule is C[C@H](NC(=O)N[C@H]1C[C@H]1c1ccccc1)C(=O)NCc1ccco1. The number of carbonyl (C=O) groups excluding carboxylic acids is 2. The van der Waals surface area contributed by atoms with Gasteiger partial charge in [-0.25, -0.2) is 4.79 Å². The van der Waals surface area contributed by atoms with Gasteiger partial charge in [-0.05, 0) is 31.0 Å². The van der Waals surface area contributed by atoms with Crippen molar-refractivity contribution in [2.75, 3.05) is 0 Å². The van der Waals surface area contributed by atoms with Gasteiger partial charge in [0.25, 0.3) is 0 Å². The molecule has 0 bridgehead atoms. The van der Waals surface area contributed by atoms with Crippen LogP contribution in [0.5, 0.6) is 0 Å². The summed E-state index contributed by atoms with van der Waals surface area (Å²) in [5, 5.41) is 8.29. The summed E-state index contributed by atoms with van der Waals surface area (Å²) < 4.78 is 5.15. The number of amides is 3. The number of urea groups is 1. The van der Waals surface area contributed by atoms with Gasteiger partial charge in [0.1, 0.15) is 11.8 Å². The lowest BCUT2D eigenvalue weighted by Gasteiger charge is -2.14. The Morgan fingerprint density at radius 2 is 2.00 bits per heavy atom. The third-order valence-corrected chi connectivity index (χ3v) is 4.09. The minimum absolute atomic E-state index is 0.130. The van der Waals surface area contributed by atoms with Gasteiger partial charge in [0.15, 0.2) is 0 Å². The normalized spacial score (nSPS) is 20.0. The molecule has 3 atom stereocenters. The molecular weight excluding hydrogens is 306 g/mol. The Morgan fingerprint density at radius 1 is 1.21 bits per heavy atom. The molecule has 0 aliphatic heterocycles. The summed E-state index contributed by atoms with van der Waals surface area (Å²) in [6, 6.07) is 12.8. The number of furan rings is 1. The van der Waals surface area contributed by atoms with E-state index in [1.165, 1.54) is 5.56 Å². The second kappa shape index (κ2) is 7.21. The molecule has 1 aliphatic carbocycles. The molecule has 1 heterocycles. The zero-order valence-corrected chi connectivity index (χ0v) is 13.5. The molecule has 0 spiro atoms. The van der Waals surface area contributed by atoms with Crippen LogP contribution in [-0.4, -0.2) is 24.0 Å². The van der Waals surface area contributed by atoms with Crippen LogP contribution in [0.3, 0.4) is 0 Å². The lowest BCUT2D eigenvalue weighted by Crippen LogP contribution is -2.48. The molecule has 6 heteroatoms. The molecule has 1 saturated carbocycles. The van der Waals surface area contributed by atoms with E-state index in [4.69, 9.17) is 4.42 Å². The molecule has 0 unspecified atom stereocenters. The first-order chi connectivity index (χ1) is 11.6. The molecule has 3 rings (SSSR count). The van der Waals surface area contributed by atoms with Gasteiger partial charge < -0.3 is 20.4 Å². The van der Waals surface area contributed by atoms with E-state index in [2.05, 4.69) is 28.1 Å². The Hall–Kier alpha value is -2.76. The molecular formula is C18H21N3O3. The monoisotopic (exact) mass is 327 g/mol. The maximum absolute atomic E-state index is 12.0. The smallest absolute Gasteiger partial charge is 0.315 e. The van der Waals surface area contributed by atoms with Crippen LogP contribution >= 0.6 is 0 Å². The summed E-state index contributed by atoms with van der Waals surface area (Å²) in [6.07, 6.45) is 2.48. The van der Waals surface area contributed by atoms with Crippen molar-refractivity contribution in [2.24, 2.45) is 0 Å². The first-order valence-corrected chi connectivity index (χ1v) is 8.05. The molecule has 1 aromatic heterocycles. The summed E-state index contributed by atoms with van der Waals surface area (Å²) in [4.78, 5) is 24.0. The molecule has 0 saturated heterocycles. The quantitative estimate of drug-likeness (QED) is 0.760. The predicted octanol–water partition coefficient (Wildman–Crippen LogP) is 2.14. The maximum atomic E-state index is 12.0. The number of rotatable bonds is 6. The fourth-order valence-corrected chi connectivity index (χ4v) is 2.64. The van der Waals surface area contributed by atoms with Crippen molar-refractivity contribution in [3.8, 4) is 0 Å². The number of carbonyl (C=O) groups is 2. The van der Waals surface area contributed by atoms with E-state index in [-0.39, 0.29) is 18.0 Å². The summed E-state index contributed by atoms with van der Waals surface area (Å²) in [5.74, 6) is 0.778. The third-order valence-electron chi connectivity index (χ3n) is 4.09. The van der Waals surface area contributed by atoms with E-state index in [1.54, 1.807) is 25.3 Å². The zero-order valence-electron chi connectivity index (χ0n) is 13.5. The minimum atomic E-state index is -0.617. The molecule has 24 heavy (non-hydrogen) atoms. The highest BCUT2D eigenvalue weighted by Crippen LogP contribution is 2.40. The van der Waals surface area contributed by atoms with Crippen molar-refractivity contribution in [3.63, 3.8) is 0 Å². The van der Waals surface area contributed by atoms with Crippen LogP contribution in [0.2, 0.25) is 0 Å². The minimum Gasteiger partial charge on any atom is -0.467 e. The Kier molecular flexibility index (Phi) is 4.84. The summed E-state index contributed by atoms with van der Waals surface area (Å²) in [7, 11) is 0. The van der Waals surface area contributed by atoms with Crippen molar-refractivity contribution in [2.45, 2.75) is 37.9 Å². The average Bonchev–Trinajstić information content (AvgIpc) is 3.14. The van der Waals surface area contributed by atoms with Gasteiger partial charge >= 0.3 is 6.03 Å². The predicted molar refractivity (Wildman–Crippen MR) is 89.3 cm³/mol. The van der Waals surface area contributed by atoms with Crippen molar-refractivity contribution >= 4 is 11.9 Å². The molecule has 1 aliphatic rings. The highest BCUT2D eigenvalue weighted by Gasteiger charge is 2.39. The molecule has 6 nitrogen and oxygen atoms in total. The van der Waals surface area contributed by atoms with Crippen LogP contribution in [0.25, 0.3) is 0 Å². The number of hydrogen-bond acceptors (Lipinski definition) is 3. The van der Waals surface area contributed by atoms with Gasteiger partial charge in [-0.15, -0.1) is 0 Å². The van der Waals surface area contributed by atoms with Gasteiger partial charge in [-0.1, -0.05) is 30.3 Å². The first-order valence-electron chi connectivity index (χ1n) is 8.05. The van der Waals surface area contributed by atoms with E-state index in [0.717, 1.165) is 6.42 Å². The van der Waals surface area contributed by atoms with Crippen molar-refractivity contribution in [1.82, 2.24) is 16.0 Å². The van der Waals surface area contributed by atoms with Gasteiger partial charge in [0.05, 0.1) is 12.8 Å². The highest BCUT2D eigenvalue weighted by molar-refractivity contribution is 5.86. The lowest BCUT2D eigenvalue weighted by molar-refractivity contribution is -0.122. The molecule has 0 radical (unpaired) electrons. The van der Waals surface area contributed by atoms with Gasteiger partial charge in [0.2, 0.25) is 5.91 Å². The molecule has 3 amide bonds. The van der Waals surface area contributed by atoms with Gasteiger partial charge in [-0.3, -0.25) is 4.79 Å². The molecule has 1 fully saturated rings. The Labute approximate surface area is 140 Å². The van der Waals surface area contributed by atoms with Gasteiger partial charge in [0, 0.05) is 12.0 Å². The van der Waals surface area contributed by atoms with E-state index < -0.39 is 6.04 Å². The van der Waals surface area contributed by atoms with Gasteiger partial charge in [-0.2, -0.15) is 0 Å². The molecule has 126 valence electrons.